The third-order valence-corrected chi connectivity index (χ3v) is 5.48. The van der Waals surface area contributed by atoms with Crippen molar-refractivity contribution in [2.75, 3.05) is 5.32 Å². The van der Waals surface area contributed by atoms with Crippen LogP contribution < -0.4 is 20.6 Å². The number of aromatic nitrogens is 1. The van der Waals surface area contributed by atoms with Crippen LogP contribution in [0, 0.1) is 0 Å². The van der Waals surface area contributed by atoms with Gasteiger partial charge in [0.2, 0.25) is 0 Å². The van der Waals surface area contributed by atoms with E-state index in [1.165, 1.54) is 0 Å². The van der Waals surface area contributed by atoms with E-state index in [4.69, 9.17) is 4.74 Å². The van der Waals surface area contributed by atoms with E-state index in [1.807, 2.05) is 81.5 Å². The maximum Gasteiger partial charge on any atom is 0.261 e. The van der Waals surface area contributed by atoms with Gasteiger partial charge in [0.05, 0.1) is 5.35 Å². The highest BCUT2D eigenvalue weighted by Gasteiger charge is 2.20. The normalized spacial score (nSPS) is 12.7. The molecule has 5 nitrogen and oxygen atoms in total. The van der Waals surface area contributed by atoms with Gasteiger partial charge in [-0.25, -0.2) is 0 Å². The molecule has 0 saturated carbocycles. The Balaban J connectivity index is 1.68. The summed E-state index contributed by atoms with van der Waals surface area (Å²) in [5, 5.41) is 14.9. The molecule has 1 aromatic heterocycles. The van der Waals surface area contributed by atoms with E-state index >= 15 is 0 Å². The molecule has 0 radical (unpaired) electrons. The molecule has 1 amide bonds. The monoisotopic (exact) mass is 440 g/mol. The maximum atomic E-state index is 13.3. The van der Waals surface area contributed by atoms with E-state index < -0.39 is 0 Å². The van der Waals surface area contributed by atoms with E-state index in [0.29, 0.717) is 23.6 Å². The minimum absolute atomic E-state index is 0.148. The molecule has 2 N–H and O–H groups in total. The van der Waals surface area contributed by atoms with E-state index in [-0.39, 0.29) is 17.1 Å². The highest BCUT2D eigenvalue weighted by Crippen LogP contribution is 2.32. The minimum Gasteiger partial charge on any atom is -0.508 e. The Bertz CT molecular complexity index is 1320. The fourth-order valence-electron chi connectivity index (χ4n) is 3.77. The Morgan fingerprint density at radius 1 is 1.15 bits per heavy atom. The number of anilines is 1. The Morgan fingerprint density at radius 2 is 1.94 bits per heavy atom. The Labute approximate surface area is 193 Å². The van der Waals surface area contributed by atoms with Crippen LogP contribution in [-0.4, -0.2) is 16.0 Å². The Hall–Kier alpha value is -3.86. The lowest BCUT2D eigenvalue weighted by Crippen LogP contribution is -2.32. The molecular formula is C28H28N2O3. The zero-order chi connectivity index (χ0) is 23.4. The number of hydrogen-bond acceptors (Lipinski definition) is 4. The van der Waals surface area contributed by atoms with Gasteiger partial charge in [-0.15, -0.1) is 0 Å². The minimum atomic E-state index is -0.345. The summed E-state index contributed by atoms with van der Waals surface area (Å²) in [6.07, 6.45) is 10.2. The summed E-state index contributed by atoms with van der Waals surface area (Å²) < 4.78 is 6.19. The van der Waals surface area contributed by atoms with Crippen LogP contribution in [0.25, 0.3) is 12.2 Å². The first-order valence-electron chi connectivity index (χ1n) is 11.0. The second kappa shape index (κ2) is 9.33. The number of aromatic hydroxyl groups is 1. The van der Waals surface area contributed by atoms with Gasteiger partial charge < -0.3 is 15.2 Å². The van der Waals surface area contributed by atoms with Crippen molar-refractivity contribution >= 4 is 23.7 Å². The summed E-state index contributed by atoms with van der Waals surface area (Å²) in [5.74, 6) is 0.300. The predicted molar refractivity (Wildman–Crippen MR) is 132 cm³/mol. The standard InChI is InChI=1S/C28H28N2O3/c1-28(2,3)23-15-14-20(16-25(23)31)30-27(32)22-17-29-24-13-9-5-8-12-21(24)26(22)33-18-19-10-6-4-7-11-19/h4-7,9-17,31H,8,18H2,1-3H3,(H,30,32). The molecule has 168 valence electrons. The van der Waals surface area contributed by atoms with Crippen LogP contribution in [0.1, 0.15) is 48.7 Å². The molecule has 0 unspecified atom stereocenters. The highest BCUT2D eigenvalue weighted by atomic mass is 16.5. The molecule has 1 aliphatic carbocycles. The fraction of sp³-hybridized carbons (Fsp3) is 0.214. The zero-order valence-corrected chi connectivity index (χ0v) is 19.1. The molecule has 0 atom stereocenters. The lowest BCUT2D eigenvalue weighted by atomic mass is 9.86. The summed E-state index contributed by atoms with van der Waals surface area (Å²) in [6.45, 7) is 6.42. The van der Waals surface area contributed by atoms with Gasteiger partial charge in [-0.1, -0.05) is 75.4 Å². The summed E-state index contributed by atoms with van der Waals surface area (Å²) in [5.41, 5.74) is 2.47. The number of nitrogens with zero attached hydrogens (tertiary/aromatic N) is 1. The van der Waals surface area contributed by atoms with Gasteiger partial charge in [-0.3, -0.25) is 9.78 Å². The molecule has 1 heterocycles. The fourth-order valence-corrected chi connectivity index (χ4v) is 3.77. The smallest absolute Gasteiger partial charge is 0.261 e. The molecule has 0 fully saturated rings. The van der Waals surface area contributed by atoms with Gasteiger partial charge >= 0.3 is 0 Å². The van der Waals surface area contributed by atoms with E-state index in [0.717, 1.165) is 28.1 Å². The number of carbonyl (C=O) groups excluding carboxylic acids is 1. The summed E-state index contributed by atoms with van der Waals surface area (Å²) in [4.78, 5) is 17.8. The van der Waals surface area contributed by atoms with E-state index in [1.54, 1.807) is 18.3 Å². The first-order valence-corrected chi connectivity index (χ1v) is 11.0. The number of hydrogen-bond donors (Lipinski definition) is 2. The van der Waals surface area contributed by atoms with Gasteiger partial charge in [0.25, 0.3) is 5.91 Å². The van der Waals surface area contributed by atoms with Gasteiger partial charge in [0, 0.05) is 23.2 Å². The molecular weight excluding hydrogens is 412 g/mol. The topological polar surface area (TPSA) is 71.5 Å². The molecule has 5 heteroatoms. The van der Waals surface area contributed by atoms with Crippen LogP contribution in [0.15, 0.2) is 66.9 Å². The quantitative estimate of drug-likeness (QED) is 0.615. The second-order valence-corrected chi connectivity index (χ2v) is 9.04. The van der Waals surface area contributed by atoms with E-state index in [2.05, 4.69) is 10.3 Å². The van der Waals surface area contributed by atoms with Crippen molar-refractivity contribution in [2.24, 2.45) is 0 Å². The second-order valence-electron chi connectivity index (χ2n) is 9.04. The molecule has 0 aliphatic heterocycles. The van der Waals surface area contributed by atoms with Crippen molar-refractivity contribution in [3.8, 4) is 11.5 Å². The van der Waals surface area contributed by atoms with E-state index in [9.17, 15) is 9.90 Å². The molecule has 0 spiro atoms. The van der Waals surface area contributed by atoms with Crippen LogP contribution in [0.4, 0.5) is 5.69 Å². The third kappa shape index (κ3) is 5.14. The van der Waals surface area contributed by atoms with Crippen LogP contribution in [0.2, 0.25) is 0 Å². The molecule has 2 aromatic carbocycles. The number of allylic oxidation sites excluding steroid dienone is 2. The first-order chi connectivity index (χ1) is 15.8. The lowest BCUT2D eigenvalue weighted by molar-refractivity contribution is 0.102. The third-order valence-electron chi connectivity index (χ3n) is 5.48. The van der Waals surface area contributed by atoms with Crippen molar-refractivity contribution in [3.63, 3.8) is 0 Å². The molecule has 3 aromatic rings. The number of ether oxygens (including phenoxy) is 1. The number of phenolic OH excluding ortho intramolecular Hbond substituents is 1. The number of fused-ring (bicyclic) bond motifs is 1. The number of benzene rings is 2. The Morgan fingerprint density at radius 3 is 2.67 bits per heavy atom. The zero-order valence-electron chi connectivity index (χ0n) is 19.1. The molecule has 0 bridgehead atoms. The van der Waals surface area contributed by atoms with Crippen LogP contribution >= 0.6 is 0 Å². The Kier molecular flexibility index (Phi) is 6.31. The molecule has 0 saturated heterocycles. The average Bonchev–Trinajstić information content (AvgIpc) is 3.03. The number of pyridine rings is 1. The number of phenols is 1. The van der Waals surface area contributed by atoms with Crippen LogP contribution in [0.5, 0.6) is 11.5 Å². The largest absolute Gasteiger partial charge is 0.508 e. The van der Waals surface area contributed by atoms with Gasteiger partial charge in [-0.2, -0.15) is 0 Å². The number of nitrogens with one attached hydrogen (secondary N) is 1. The lowest BCUT2D eigenvalue weighted by Gasteiger charge is -2.21. The van der Waals surface area contributed by atoms with Gasteiger partial charge in [-0.05, 0) is 35.1 Å². The van der Waals surface area contributed by atoms with Crippen LogP contribution in [-0.2, 0) is 12.0 Å². The van der Waals surface area contributed by atoms with Crippen LogP contribution in [0.3, 0.4) is 0 Å². The summed E-state index contributed by atoms with van der Waals surface area (Å²) in [7, 11) is 0. The number of rotatable bonds is 5. The number of carbonyl (C=O) groups is 1. The highest BCUT2D eigenvalue weighted by molar-refractivity contribution is 6.06. The maximum absolute atomic E-state index is 13.3. The molecule has 33 heavy (non-hydrogen) atoms. The van der Waals surface area contributed by atoms with Crippen molar-refractivity contribution in [2.45, 2.75) is 39.2 Å². The summed E-state index contributed by atoms with van der Waals surface area (Å²) >= 11 is 0. The van der Waals surface area contributed by atoms with Crippen molar-refractivity contribution in [3.05, 3.63) is 94.1 Å². The van der Waals surface area contributed by atoms with Crippen molar-refractivity contribution in [1.82, 2.24) is 4.98 Å². The first kappa shape index (κ1) is 22.3. The summed E-state index contributed by atoms with van der Waals surface area (Å²) in [6, 6.07) is 15.0. The van der Waals surface area contributed by atoms with Gasteiger partial charge in [0.15, 0.2) is 0 Å². The van der Waals surface area contributed by atoms with Crippen molar-refractivity contribution < 1.29 is 14.6 Å². The SMILES string of the molecule is CC(C)(C)c1ccc(NC(=O)c2cnc3c(c2OCc2ccccc2)=CCC=CC=3)cc1O. The predicted octanol–water partition coefficient (Wildman–Crippen LogP) is 4.44. The molecule has 1 aliphatic rings. The van der Waals surface area contributed by atoms with Gasteiger partial charge in [0.1, 0.15) is 23.7 Å². The van der Waals surface area contributed by atoms with Crippen molar-refractivity contribution in [1.29, 1.82) is 0 Å². The molecule has 4 rings (SSSR count). The number of amides is 1. The average molecular weight is 441 g/mol.